The minimum absolute atomic E-state index is 0.211. The lowest BCUT2D eigenvalue weighted by atomic mass is 9.93. The van der Waals surface area contributed by atoms with Gasteiger partial charge in [0.1, 0.15) is 17.2 Å². The van der Waals surface area contributed by atoms with Crippen LogP contribution in [-0.2, 0) is 22.4 Å². The van der Waals surface area contributed by atoms with Crippen LogP contribution < -0.4 is 10.6 Å². The highest BCUT2D eigenvalue weighted by Crippen LogP contribution is 2.38. The summed E-state index contributed by atoms with van der Waals surface area (Å²) in [6, 6.07) is 6.11. The Hall–Kier alpha value is -3.18. The first-order valence-corrected chi connectivity index (χ1v) is 10.8. The maximum Gasteiger partial charge on any atom is 0.407 e. The molecule has 1 fully saturated rings. The molecular formula is C22H22N4O3S. The second-order valence-electron chi connectivity index (χ2n) is 7.47. The molecule has 0 bridgehead atoms. The van der Waals surface area contributed by atoms with Gasteiger partial charge >= 0.3 is 6.09 Å². The number of carbonyl (C=O) groups excluding carboxylic acids is 2. The zero-order valence-corrected chi connectivity index (χ0v) is 17.2. The van der Waals surface area contributed by atoms with Crippen LogP contribution in [0, 0.1) is 11.3 Å². The van der Waals surface area contributed by atoms with Crippen molar-refractivity contribution in [2.24, 2.45) is 0 Å². The van der Waals surface area contributed by atoms with E-state index in [1.807, 2.05) is 6.07 Å². The number of rotatable bonds is 5. The Kier molecular flexibility index (Phi) is 6.10. The van der Waals surface area contributed by atoms with Crippen LogP contribution in [-0.4, -0.2) is 29.1 Å². The number of ether oxygens (including phenoxy) is 1. The van der Waals surface area contributed by atoms with Crippen molar-refractivity contribution in [3.8, 4) is 6.07 Å². The summed E-state index contributed by atoms with van der Waals surface area (Å²) < 4.78 is 5.58. The maximum atomic E-state index is 12.3. The highest BCUT2D eigenvalue weighted by atomic mass is 32.1. The number of nitriles is 1. The van der Waals surface area contributed by atoms with Gasteiger partial charge in [-0.2, -0.15) is 5.26 Å². The lowest BCUT2D eigenvalue weighted by Crippen LogP contribution is -2.41. The molecule has 4 rings (SSSR count). The molecule has 8 heteroatoms. The number of fused-ring (bicyclic) bond motifs is 1. The molecule has 2 amide bonds. The Morgan fingerprint density at radius 3 is 2.90 bits per heavy atom. The standard InChI is InChI=1S/C22H22N4O3S/c23-12-18-17-8-7-16(29-22(28)25-15-4-1-5-15)11-19(17)30-21(18)26-20(27)9-6-14-3-2-10-24-13-14/h2-3,6,9-10,13,15-16H,1,4-5,7-8,11H2,(H,25,28)(H,26,27). The van der Waals surface area contributed by atoms with Gasteiger partial charge in [0.05, 0.1) is 5.56 Å². The van der Waals surface area contributed by atoms with Gasteiger partial charge in [-0.1, -0.05) is 6.07 Å². The van der Waals surface area contributed by atoms with Crippen LogP contribution in [0.25, 0.3) is 6.08 Å². The van der Waals surface area contributed by atoms with Gasteiger partial charge in [0.25, 0.3) is 0 Å². The minimum atomic E-state index is -0.362. The first-order valence-electron chi connectivity index (χ1n) is 10.0. The second-order valence-corrected chi connectivity index (χ2v) is 8.58. The van der Waals surface area contributed by atoms with Crippen LogP contribution in [0.3, 0.4) is 0 Å². The Morgan fingerprint density at radius 2 is 2.20 bits per heavy atom. The van der Waals surface area contributed by atoms with Crippen LogP contribution in [0.5, 0.6) is 0 Å². The fourth-order valence-corrected chi connectivity index (χ4v) is 4.83. The zero-order valence-electron chi connectivity index (χ0n) is 16.4. The summed E-state index contributed by atoms with van der Waals surface area (Å²) in [7, 11) is 0. The molecule has 30 heavy (non-hydrogen) atoms. The van der Waals surface area contributed by atoms with Gasteiger partial charge in [0, 0.05) is 35.8 Å². The molecule has 2 aliphatic carbocycles. The Morgan fingerprint density at radius 1 is 1.33 bits per heavy atom. The number of nitrogens with zero attached hydrogens (tertiary/aromatic N) is 2. The van der Waals surface area contributed by atoms with E-state index in [-0.39, 0.29) is 24.1 Å². The summed E-state index contributed by atoms with van der Waals surface area (Å²) in [6.07, 6.45) is 10.9. The minimum Gasteiger partial charge on any atom is -0.446 e. The van der Waals surface area contributed by atoms with Crippen molar-refractivity contribution in [2.75, 3.05) is 5.32 Å². The Bertz CT molecular complexity index is 1010. The van der Waals surface area contributed by atoms with Crippen LogP contribution >= 0.6 is 11.3 Å². The quantitative estimate of drug-likeness (QED) is 0.713. The summed E-state index contributed by atoms with van der Waals surface area (Å²) in [5.41, 5.74) is 2.28. The number of thiophene rings is 1. The molecule has 0 aromatic carbocycles. The fraction of sp³-hybridized carbons (Fsp3) is 0.364. The van der Waals surface area contributed by atoms with Gasteiger partial charge in [-0.3, -0.25) is 9.78 Å². The van der Waals surface area contributed by atoms with Gasteiger partial charge in [0.15, 0.2) is 0 Å². The Balaban J connectivity index is 1.39. The number of aromatic nitrogens is 1. The van der Waals surface area contributed by atoms with E-state index in [1.165, 1.54) is 17.4 Å². The van der Waals surface area contributed by atoms with E-state index in [1.54, 1.807) is 24.5 Å². The van der Waals surface area contributed by atoms with Crippen molar-refractivity contribution in [2.45, 2.75) is 50.7 Å². The lowest BCUT2D eigenvalue weighted by molar-refractivity contribution is -0.111. The van der Waals surface area contributed by atoms with Crippen molar-refractivity contribution in [3.05, 3.63) is 52.2 Å². The number of amides is 2. The van der Waals surface area contributed by atoms with E-state index >= 15 is 0 Å². The van der Waals surface area contributed by atoms with Crippen molar-refractivity contribution >= 4 is 34.4 Å². The van der Waals surface area contributed by atoms with E-state index in [0.717, 1.165) is 35.3 Å². The summed E-state index contributed by atoms with van der Waals surface area (Å²) in [6.45, 7) is 0. The number of pyridine rings is 1. The predicted molar refractivity (Wildman–Crippen MR) is 114 cm³/mol. The van der Waals surface area contributed by atoms with Crippen molar-refractivity contribution in [1.29, 1.82) is 5.26 Å². The molecule has 2 heterocycles. The van der Waals surface area contributed by atoms with Gasteiger partial charge in [0.2, 0.25) is 5.91 Å². The molecule has 7 nitrogen and oxygen atoms in total. The topological polar surface area (TPSA) is 104 Å². The van der Waals surface area contributed by atoms with Gasteiger partial charge in [-0.15, -0.1) is 11.3 Å². The van der Waals surface area contributed by atoms with Crippen LogP contribution in [0.1, 0.15) is 47.3 Å². The first-order chi connectivity index (χ1) is 14.6. The SMILES string of the molecule is N#Cc1c(NC(=O)C=Cc2cccnc2)sc2c1CCC(OC(=O)NC1CCC1)C2. The van der Waals surface area contributed by atoms with Gasteiger partial charge < -0.3 is 15.4 Å². The first kappa shape index (κ1) is 20.1. The predicted octanol–water partition coefficient (Wildman–Crippen LogP) is 3.80. The molecule has 1 unspecified atom stereocenters. The molecule has 2 N–H and O–H groups in total. The third-order valence-electron chi connectivity index (χ3n) is 5.38. The van der Waals surface area contributed by atoms with Crippen LogP contribution in [0.15, 0.2) is 30.6 Å². The highest BCUT2D eigenvalue weighted by molar-refractivity contribution is 7.16. The third kappa shape index (κ3) is 4.69. The van der Waals surface area contributed by atoms with E-state index in [0.29, 0.717) is 29.8 Å². The zero-order chi connectivity index (χ0) is 20.9. The number of hydrogen-bond donors (Lipinski definition) is 2. The van der Waals surface area contributed by atoms with Crippen LogP contribution in [0.2, 0.25) is 0 Å². The molecule has 0 aliphatic heterocycles. The smallest absolute Gasteiger partial charge is 0.407 e. The molecular weight excluding hydrogens is 400 g/mol. The van der Waals surface area contributed by atoms with Crippen molar-refractivity contribution < 1.29 is 14.3 Å². The van der Waals surface area contributed by atoms with E-state index in [4.69, 9.17) is 4.74 Å². The second kappa shape index (κ2) is 9.09. The average Bonchev–Trinajstić information content (AvgIpc) is 3.06. The number of carbonyl (C=O) groups is 2. The van der Waals surface area contributed by atoms with Gasteiger partial charge in [-0.05, 0) is 55.4 Å². The van der Waals surface area contributed by atoms with E-state index in [2.05, 4.69) is 21.7 Å². The third-order valence-corrected chi connectivity index (χ3v) is 6.55. The molecule has 1 saturated carbocycles. The average molecular weight is 423 g/mol. The number of nitrogens with one attached hydrogen (secondary N) is 2. The highest BCUT2D eigenvalue weighted by Gasteiger charge is 2.29. The Labute approximate surface area is 178 Å². The molecule has 2 aliphatic rings. The van der Waals surface area contributed by atoms with E-state index < -0.39 is 0 Å². The molecule has 0 saturated heterocycles. The maximum absolute atomic E-state index is 12.3. The van der Waals surface area contributed by atoms with E-state index in [9.17, 15) is 14.9 Å². The molecule has 154 valence electrons. The molecule has 0 radical (unpaired) electrons. The molecule has 0 spiro atoms. The number of hydrogen-bond acceptors (Lipinski definition) is 6. The molecule has 2 aromatic rings. The van der Waals surface area contributed by atoms with Crippen molar-refractivity contribution in [3.63, 3.8) is 0 Å². The number of anilines is 1. The van der Waals surface area contributed by atoms with Crippen LogP contribution in [0.4, 0.5) is 9.80 Å². The summed E-state index contributed by atoms with van der Waals surface area (Å²) in [5, 5.41) is 15.9. The fourth-order valence-electron chi connectivity index (χ4n) is 3.57. The van der Waals surface area contributed by atoms with Gasteiger partial charge in [-0.25, -0.2) is 4.79 Å². The summed E-state index contributed by atoms with van der Waals surface area (Å²) >= 11 is 1.38. The molecule has 2 aromatic heterocycles. The molecule has 1 atom stereocenters. The normalized spacial score (nSPS) is 18.2. The summed E-state index contributed by atoms with van der Waals surface area (Å²) in [5.74, 6) is -0.304. The monoisotopic (exact) mass is 422 g/mol. The van der Waals surface area contributed by atoms with Crippen molar-refractivity contribution in [1.82, 2.24) is 10.3 Å². The number of alkyl carbamates (subject to hydrolysis) is 1. The largest absolute Gasteiger partial charge is 0.446 e. The summed E-state index contributed by atoms with van der Waals surface area (Å²) in [4.78, 5) is 29.3. The lowest BCUT2D eigenvalue weighted by Gasteiger charge is -2.28.